The number of nitrogens with zero attached hydrogens (tertiary/aromatic N) is 1. The third kappa shape index (κ3) is 3.10. The Balaban J connectivity index is 1.86. The molecule has 0 saturated carbocycles. The summed E-state index contributed by atoms with van der Waals surface area (Å²) in [6.07, 6.45) is 5.21. The number of rotatable bonds is 4. The van der Waals surface area contributed by atoms with Gasteiger partial charge in [0, 0.05) is 28.2 Å². The monoisotopic (exact) mass is 326 g/mol. The van der Waals surface area contributed by atoms with Gasteiger partial charge in [0.2, 0.25) is 0 Å². The summed E-state index contributed by atoms with van der Waals surface area (Å²) in [4.78, 5) is 2.58. The van der Waals surface area contributed by atoms with E-state index in [0.29, 0.717) is 12.0 Å². The first kappa shape index (κ1) is 15.6. The molecule has 2 aliphatic heterocycles. The van der Waals surface area contributed by atoms with Crippen molar-refractivity contribution in [2.24, 2.45) is 5.92 Å². The lowest BCUT2D eigenvalue weighted by Gasteiger charge is -2.40. The Morgan fingerprint density at radius 1 is 1.24 bits per heavy atom. The summed E-state index contributed by atoms with van der Waals surface area (Å²) in [5.41, 5.74) is 1.17. The van der Waals surface area contributed by atoms with Crippen LogP contribution in [0.25, 0.3) is 0 Å². The smallest absolute Gasteiger partial charge is 0.0454 e. The zero-order valence-electron chi connectivity index (χ0n) is 12.8. The van der Waals surface area contributed by atoms with Crippen LogP contribution in [0.1, 0.15) is 44.2 Å². The molecule has 2 saturated heterocycles. The maximum absolute atomic E-state index is 6.45. The van der Waals surface area contributed by atoms with Gasteiger partial charge >= 0.3 is 0 Å². The zero-order valence-corrected chi connectivity index (χ0v) is 14.3. The van der Waals surface area contributed by atoms with Crippen molar-refractivity contribution in [2.45, 2.75) is 50.7 Å². The van der Waals surface area contributed by atoms with E-state index in [4.69, 9.17) is 23.2 Å². The maximum atomic E-state index is 6.45. The van der Waals surface area contributed by atoms with Crippen molar-refractivity contribution < 1.29 is 0 Å². The molecule has 4 heteroatoms. The first-order chi connectivity index (χ1) is 10.1. The lowest BCUT2D eigenvalue weighted by molar-refractivity contribution is 0.113. The number of fused-ring (bicyclic) bond motifs is 2. The van der Waals surface area contributed by atoms with Crippen LogP contribution in [0.5, 0.6) is 0 Å². The van der Waals surface area contributed by atoms with Crippen molar-refractivity contribution in [2.75, 3.05) is 13.6 Å². The van der Waals surface area contributed by atoms with Crippen molar-refractivity contribution in [3.05, 3.63) is 33.8 Å². The van der Waals surface area contributed by atoms with Crippen molar-refractivity contribution in [1.29, 1.82) is 0 Å². The van der Waals surface area contributed by atoms with Gasteiger partial charge < -0.3 is 10.2 Å². The Morgan fingerprint density at radius 3 is 2.52 bits per heavy atom. The molecule has 0 radical (unpaired) electrons. The van der Waals surface area contributed by atoms with Crippen molar-refractivity contribution >= 4 is 23.2 Å². The average molecular weight is 327 g/mol. The Kier molecular flexibility index (Phi) is 4.80. The van der Waals surface area contributed by atoms with Crippen LogP contribution >= 0.6 is 23.2 Å². The summed E-state index contributed by atoms with van der Waals surface area (Å²) >= 11 is 12.7. The molecule has 3 rings (SSSR count). The van der Waals surface area contributed by atoms with Gasteiger partial charge in [0.05, 0.1) is 0 Å². The predicted molar refractivity (Wildman–Crippen MR) is 90.2 cm³/mol. The van der Waals surface area contributed by atoms with Crippen molar-refractivity contribution in [3.63, 3.8) is 0 Å². The van der Waals surface area contributed by atoms with Crippen LogP contribution in [0.4, 0.5) is 0 Å². The summed E-state index contributed by atoms with van der Waals surface area (Å²) < 4.78 is 0. The molecule has 0 spiro atoms. The van der Waals surface area contributed by atoms with E-state index in [9.17, 15) is 0 Å². The van der Waals surface area contributed by atoms with Crippen LogP contribution in [-0.2, 0) is 0 Å². The molecule has 3 unspecified atom stereocenters. The molecule has 0 aliphatic carbocycles. The molecular weight excluding hydrogens is 303 g/mol. The molecule has 2 bridgehead atoms. The van der Waals surface area contributed by atoms with Crippen LogP contribution in [0.2, 0.25) is 10.0 Å². The molecule has 2 heterocycles. The number of hydrogen-bond acceptors (Lipinski definition) is 2. The number of hydrogen-bond donors (Lipinski definition) is 1. The molecule has 1 aromatic rings. The minimum atomic E-state index is 0.318. The standard InChI is InChI=1S/C17H24Cl2N2/c1-3-20-17(15-10-12(18)4-7-16(15)19)11-8-13-5-6-14(9-11)21(13)2/h4,7,10-11,13-14,17,20H,3,5-6,8-9H2,1-2H3. The van der Waals surface area contributed by atoms with E-state index in [1.54, 1.807) is 0 Å². The van der Waals surface area contributed by atoms with E-state index in [1.165, 1.54) is 31.2 Å². The second-order valence-corrected chi connectivity index (χ2v) is 7.33. The molecule has 0 amide bonds. The Morgan fingerprint density at radius 2 is 1.90 bits per heavy atom. The van der Waals surface area contributed by atoms with Crippen molar-refractivity contribution in [1.82, 2.24) is 10.2 Å². The summed E-state index contributed by atoms with van der Waals surface area (Å²) in [6.45, 7) is 3.12. The highest BCUT2D eigenvalue weighted by Crippen LogP contribution is 2.43. The van der Waals surface area contributed by atoms with E-state index in [-0.39, 0.29) is 0 Å². The Labute approximate surface area is 137 Å². The van der Waals surface area contributed by atoms with Gasteiger partial charge in [0.25, 0.3) is 0 Å². The normalized spacial score (nSPS) is 30.6. The SMILES string of the molecule is CCNC(c1cc(Cl)ccc1Cl)C1CC2CCC(C1)N2C. The zero-order chi connectivity index (χ0) is 15.0. The molecule has 0 aromatic heterocycles. The van der Waals surface area contributed by atoms with Gasteiger partial charge in [-0.1, -0.05) is 30.1 Å². The van der Waals surface area contributed by atoms with Gasteiger partial charge in [0.15, 0.2) is 0 Å². The van der Waals surface area contributed by atoms with Crippen molar-refractivity contribution in [3.8, 4) is 0 Å². The Bertz CT molecular complexity index is 492. The minimum absolute atomic E-state index is 0.318. The molecule has 21 heavy (non-hydrogen) atoms. The predicted octanol–water partition coefficient (Wildman–Crippen LogP) is 4.52. The van der Waals surface area contributed by atoms with Crippen LogP contribution in [-0.4, -0.2) is 30.6 Å². The highest BCUT2D eigenvalue weighted by atomic mass is 35.5. The molecular formula is C17H24Cl2N2. The molecule has 2 nitrogen and oxygen atoms in total. The first-order valence-corrected chi connectivity index (χ1v) is 8.76. The number of piperidine rings is 1. The molecule has 3 atom stereocenters. The lowest BCUT2D eigenvalue weighted by atomic mass is 9.82. The number of halogens is 2. The van der Waals surface area contributed by atoms with Gasteiger partial charge in [-0.3, -0.25) is 0 Å². The van der Waals surface area contributed by atoms with E-state index in [2.05, 4.69) is 24.2 Å². The fourth-order valence-electron chi connectivity index (χ4n) is 4.23. The van der Waals surface area contributed by atoms with Crippen LogP contribution in [0.3, 0.4) is 0 Å². The third-order valence-electron chi connectivity index (χ3n) is 5.32. The number of nitrogens with one attached hydrogen (secondary N) is 1. The molecule has 1 aromatic carbocycles. The fraction of sp³-hybridized carbons (Fsp3) is 0.647. The summed E-state index contributed by atoms with van der Waals surface area (Å²) in [5.74, 6) is 0.648. The fourth-order valence-corrected chi connectivity index (χ4v) is 4.64. The lowest BCUT2D eigenvalue weighted by Crippen LogP contribution is -2.43. The third-order valence-corrected chi connectivity index (χ3v) is 5.90. The largest absolute Gasteiger partial charge is 0.310 e. The molecule has 2 aliphatic rings. The van der Waals surface area contributed by atoms with E-state index in [0.717, 1.165) is 28.7 Å². The highest BCUT2D eigenvalue weighted by Gasteiger charge is 2.41. The second-order valence-electron chi connectivity index (χ2n) is 6.48. The first-order valence-electron chi connectivity index (χ1n) is 8.00. The van der Waals surface area contributed by atoms with Gasteiger partial charge in [-0.25, -0.2) is 0 Å². The van der Waals surface area contributed by atoms with Gasteiger partial charge in [-0.15, -0.1) is 0 Å². The number of benzene rings is 1. The second kappa shape index (κ2) is 6.45. The molecule has 116 valence electrons. The minimum Gasteiger partial charge on any atom is -0.310 e. The molecule has 2 fully saturated rings. The Hall–Kier alpha value is -0.280. The average Bonchev–Trinajstić information content (AvgIpc) is 2.69. The van der Waals surface area contributed by atoms with Crippen LogP contribution in [0.15, 0.2) is 18.2 Å². The topological polar surface area (TPSA) is 15.3 Å². The molecule has 1 N–H and O–H groups in total. The van der Waals surface area contributed by atoms with E-state index < -0.39 is 0 Å². The summed E-state index contributed by atoms with van der Waals surface area (Å²) in [5, 5.41) is 5.26. The van der Waals surface area contributed by atoms with Crippen LogP contribution < -0.4 is 5.32 Å². The van der Waals surface area contributed by atoms with Gasteiger partial charge in [-0.05, 0) is 69.0 Å². The van der Waals surface area contributed by atoms with E-state index in [1.807, 2.05) is 18.2 Å². The summed E-state index contributed by atoms with van der Waals surface area (Å²) in [7, 11) is 2.28. The maximum Gasteiger partial charge on any atom is 0.0454 e. The highest BCUT2D eigenvalue weighted by molar-refractivity contribution is 6.33. The quantitative estimate of drug-likeness (QED) is 0.875. The summed E-state index contributed by atoms with van der Waals surface area (Å²) in [6, 6.07) is 7.64. The van der Waals surface area contributed by atoms with Gasteiger partial charge in [0.1, 0.15) is 0 Å². The van der Waals surface area contributed by atoms with Crippen LogP contribution in [0, 0.1) is 5.92 Å². The van der Waals surface area contributed by atoms with Gasteiger partial charge in [-0.2, -0.15) is 0 Å². The van der Waals surface area contributed by atoms with E-state index >= 15 is 0 Å².